The largest absolute Gasteiger partial charge is 0.481 e. The Balaban J connectivity index is 2.09. The standard InChI is InChI=1S/C23H30N2O3/c1-6-7-12-24-23(27)19-10-8-9-11-20(19)25-22(26)18(5)28-21-14-15(2)13-16(3)17(21)4/h8-11,13-14,18H,6-7,12H2,1-5H3,(H,24,27)(H,25,26)/t18-/m1/s1. The Bertz CT molecular complexity index is 846. The van der Waals surface area contributed by atoms with Gasteiger partial charge in [0.1, 0.15) is 5.75 Å². The fraction of sp³-hybridized carbons (Fsp3) is 0.391. The minimum atomic E-state index is -0.698. The van der Waals surface area contributed by atoms with Crippen LogP contribution in [0.4, 0.5) is 5.69 Å². The van der Waals surface area contributed by atoms with E-state index in [1.54, 1.807) is 31.2 Å². The highest BCUT2D eigenvalue weighted by Gasteiger charge is 2.19. The Morgan fingerprint density at radius 3 is 2.54 bits per heavy atom. The normalized spacial score (nSPS) is 11.6. The van der Waals surface area contributed by atoms with Crippen LogP contribution >= 0.6 is 0 Å². The summed E-state index contributed by atoms with van der Waals surface area (Å²) < 4.78 is 5.91. The lowest BCUT2D eigenvalue weighted by Crippen LogP contribution is -2.32. The second-order valence-corrected chi connectivity index (χ2v) is 7.11. The maximum atomic E-state index is 12.7. The zero-order valence-electron chi connectivity index (χ0n) is 17.4. The number of carbonyl (C=O) groups excluding carboxylic acids is 2. The molecule has 0 fully saturated rings. The lowest BCUT2D eigenvalue weighted by Gasteiger charge is -2.19. The number of benzene rings is 2. The Kier molecular flexibility index (Phi) is 7.61. The van der Waals surface area contributed by atoms with Gasteiger partial charge in [0.2, 0.25) is 0 Å². The van der Waals surface area contributed by atoms with Crippen LogP contribution in [0.3, 0.4) is 0 Å². The molecule has 5 heteroatoms. The van der Waals surface area contributed by atoms with Crippen molar-refractivity contribution in [2.45, 2.75) is 53.6 Å². The van der Waals surface area contributed by atoms with Crippen molar-refractivity contribution < 1.29 is 14.3 Å². The average Bonchev–Trinajstić information content (AvgIpc) is 2.66. The summed E-state index contributed by atoms with van der Waals surface area (Å²) in [6, 6.07) is 11.0. The van der Waals surface area contributed by atoms with Gasteiger partial charge < -0.3 is 15.4 Å². The SMILES string of the molecule is CCCCNC(=O)c1ccccc1NC(=O)[C@@H](C)Oc1cc(C)cc(C)c1C. The minimum Gasteiger partial charge on any atom is -0.481 e. The highest BCUT2D eigenvalue weighted by molar-refractivity contribution is 6.04. The average molecular weight is 383 g/mol. The van der Waals surface area contributed by atoms with Crippen molar-refractivity contribution >= 4 is 17.5 Å². The zero-order valence-corrected chi connectivity index (χ0v) is 17.4. The maximum absolute atomic E-state index is 12.7. The Hall–Kier alpha value is -2.82. The van der Waals surface area contributed by atoms with Gasteiger partial charge in [-0.1, -0.05) is 31.5 Å². The summed E-state index contributed by atoms with van der Waals surface area (Å²) >= 11 is 0. The van der Waals surface area contributed by atoms with Crippen LogP contribution in [0, 0.1) is 20.8 Å². The monoisotopic (exact) mass is 382 g/mol. The Labute approximate surface area is 167 Å². The molecule has 2 aromatic rings. The fourth-order valence-electron chi connectivity index (χ4n) is 2.87. The molecule has 0 saturated carbocycles. The second kappa shape index (κ2) is 9.93. The first kappa shape index (κ1) is 21.5. The van der Waals surface area contributed by atoms with Gasteiger partial charge >= 0.3 is 0 Å². The third kappa shape index (κ3) is 5.59. The van der Waals surface area contributed by atoms with Crippen LogP contribution in [-0.2, 0) is 4.79 Å². The van der Waals surface area contributed by atoms with Crippen molar-refractivity contribution in [3.8, 4) is 5.75 Å². The molecule has 2 rings (SSSR count). The number of para-hydroxylation sites is 1. The van der Waals surface area contributed by atoms with Crippen molar-refractivity contribution in [1.29, 1.82) is 0 Å². The first-order chi connectivity index (χ1) is 13.3. The first-order valence-corrected chi connectivity index (χ1v) is 9.76. The molecule has 2 aromatic carbocycles. The molecule has 1 atom stereocenters. The van der Waals surface area contributed by atoms with E-state index in [9.17, 15) is 9.59 Å². The molecule has 0 aliphatic carbocycles. The second-order valence-electron chi connectivity index (χ2n) is 7.11. The number of unbranched alkanes of at least 4 members (excludes halogenated alkanes) is 1. The molecular weight excluding hydrogens is 352 g/mol. The number of hydrogen-bond acceptors (Lipinski definition) is 3. The highest BCUT2D eigenvalue weighted by atomic mass is 16.5. The van der Waals surface area contributed by atoms with Crippen LogP contribution in [0.25, 0.3) is 0 Å². The summed E-state index contributed by atoms with van der Waals surface area (Å²) in [5, 5.41) is 5.71. The number of ether oxygens (including phenoxy) is 1. The van der Waals surface area contributed by atoms with Gasteiger partial charge in [0.25, 0.3) is 11.8 Å². The summed E-state index contributed by atoms with van der Waals surface area (Å²) in [5.41, 5.74) is 4.15. The summed E-state index contributed by atoms with van der Waals surface area (Å²) in [6.45, 7) is 10.4. The minimum absolute atomic E-state index is 0.192. The first-order valence-electron chi connectivity index (χ1n) is 9.76. The van der Waals surface area contributed by atoms with Crippen molar-refractivity contribution in [2.24, 2.45) is 0 Å². The molecule has 0 unspecified atom stereocenters. The van der Waals surface area contributed by atoms with Gasteiger partial charge in [-0.15, -0.1) is 0 Å². The van der Waals surface area contributed by atoms with Crippen LogP contribution in [-0.4, -0.2) is 24.5 Å². The lowest BCUT2D eigenvalue weighted by molar-refractivity contribution is -0.122. The molecule has 5 nitrogen and oxygen atoms in total. The van der Waals surface area contributed by atoms with Crippen LogP contribution in [0.1, 0.15) is 53.7 Å². The number of amides is 2. The highest BCUT2D eigenvalue weighted by Crippen LogP contribution is 2.25. The molecule has 0 aromatic heterocycles. The van der Waals surface area contributed by atoms with E-state index in [1.807, 2.05) is 26.8 Å². The van der Waals surface area contributed by atoms with Crippen molar-refractivity contribution in [2.75, 3.05) is 11.9 Å². The number of nitrogens with one attached hydrogen (secondary N) is 2. The summed E-state index contributed by atoms with van der Waals surface area (Å²) in [6.07, 6.45) is 1.22. The third-order valence-corrected chi connectivity index (χ3v) is 4.68. The van der Waals surface area contributed by atoms with Crippen LogP contribution in [0.5, 0.6) is 5.75 Å². The Morgan fingerprint density at radius 2 is 1.82 bits per heavy atom. The Morgan fingerprint density at radius 1 is 1.11 bits per heavy atom. The molecule has 0 radical (unpaired) electrons. The van der Waals surface area contributed by atoms with Crippen LogP contribution in [0.2, 0.25) is 0 Å². The molecule has 0 aliphatic rings. The molecule has 0 aliphatic heterocycles. The van der Waals surface area contributed by atoms with E-state index < -0.39 is 6.10 Å². The van der Waals surface area contributed by atoms with Gasteiger partial charge in [-0.05, 0) is 69.0 Å². The molecule has 28 heavy (non-hydrogen) atoms. The number of carbonyl (C=O) groups is 2. The predicted molar refractivity (Wildman–Crippen MR) is 113 cm³/mol. The topological polar surface area (TPSA) is 67.4 Å². The molecule has 0 heterocycles. The smallest absolute Gasteiger partial charge is 0.265 e. The van der Waals surface area contributed by atoms with Crippen molar-refractivity contribution in [3.63, 3.8) is 0 Å². The fourth-order valence-corrected chi connectivity index (χ4v) is 2.87. The van der Waals surface area contributed by atoms with Gasteiger partial charge in [-0.2, -0.15) is 0 Å². The van der Waals surface area contributed by atoms with E-state index in [-0.39, 0.29) is 11.8 Å². The third-order valence-electron chi connectivity index (χ3n) is 4.68. The number of anilines is 1. The van der Waals surface area contributed by atoms with Crippen LogP contribution in [0.15, 0.2) is 36.4 Å². The lowest BCUT2D eigenvalue weighted by atomic mass is 10.1. The molecule has 150 valence electrons. The van der Waals surface area contributed by atoms with Gasteiger partial charge in [0, 0.05) is 6.54 Å². The van der Waals surface area contributed by atoms with E-state index in [0.717, 1.165) is 29.5 Å². The van der Waals surface area contributed by atoms with E-state index in [4.69, 9.17) is 4.74 Å². The maximum Gasteiger partial charge on any atom is 0.265 e. The number of hydrogen-bond donors (Lipinski definition) is 2. The zero-order chi connectivity index (χ0) is 20.7. The van der Waals surface area contributed by atoms with Crippen molar-refractivity contribution in [1.82, 2.24) is 5.32 Å². The summed E-state index contributed by atoms with van der Waals surface area (Å²) in [7, 11) is 0. The number of rotatable bonds is 8. The molecule has 2 amide bonds. The van der Waals surface area contributed by atoms with Gasteiger partial charge in [0.15, 0.2) is 6.10 Å². The molecule has 0 saturated heterocycles. The van der Waals surface area contributed by atoms with Gasteiger partial charge in [-0.3, -0.25) is 9.59 Å². The number of aryl methyl sites for hydroxylation is 2. The van der Waals surface area contributed by atoms with Gasteiger partial charge in [0.05, 0.1) is 11.3 Å². The predicted octanol–water partition coefficient (Wildman–Crippen LogP) is 4.55. The molecular formula is C23H30N2O3. The molecule has 2 N–H and O–H groups in total. The molecule has 0 bridgehead atoms. The van der Waals surface area contributed by atoms with Gasteiger partial charge in [-0.25, -0.2) is 0 Å². The summed E-state index contributed by atoms with van der Waals surface area (Å²) in [4.78, 5) is 25.1. The quantitative estimate of drug-likeness (QED) is 0.658. The van der Waals surface area contributed by atoms with E-state index in [0.29, 0.717) is 23.5 Å². The summed E-state index contributed by atoms with van der Waals surface area (Å²) in [5.74, 6) is 0.209. The van der Waals surface area contributed by atoms with E-state index in [2.05, 4.69) is 23.6 Å². The van der Waals surface area contributed by atoms with E-state index >= 15 is 0 Å². The van der Waals surface area contributed by atoms with E-state index in [1.165, 1.54) is 0 Å². The van der Waals surface area contributed by atoms with Crippen LogP contribution < -0.4 is 15.4 Å². The van der Waals surface area contributed by atoms with Crippen molar-refractivity contribution in [3.05, 3.63) is 58.7 Å². The molecule has 0 spiro atoms.